The lowest BCUT2D eigenvalue weighted by Crippen LogP contribution is -2.30. The van der Waals surface area contributed by atoms with Gasteiger partial charge in [0.15, 0.2) is 0 Å². The number of carbonyl (C=O) groups is 1. The fourth-order valence-corrected chi connectivity index (χ4v) is 5.17. The minimum absolute atomic E-state index is 0.135. The summed E-state index contributed by atoms with van der Waals surface area (Å²) in [6.45, 7) is 5.17. The van der Waals surface area contributed by atoms with E-state index >= 15 is 0 Å². The number of para-hydroxylation sites is 2. The summed E-state index contributed by atoms with van der Waals surface area (Å²) in [5.41, 5.74) is 4.75. The van der Waals surface area contributed by atoms with E-state index in [9.17, 15) is 13.2 Å². The zero-order chi connectivity index (χ0) is 22.7. The smallest absolute Gasteiger partial charge is 0.255 e. The fraction of sp³-hybridized carbons (Fsp3) is 0.240. The van der Waals surface area contributed by atoms with Crippen molar-refractivity contribution in [3.05, 3.63) is 89.5 Å². The van der Waals surface area contributed by atoms with Gasteiger partial charge in [0.1, 0.15) is 0 Å². The van der Waals surface area contributed by atoms with Crippen LogP contribution in [-0.2, 0) is 23.0 Å². The monoisotopic (exact) mass is 449 g/mol. The van der Waals surface area contributed by atoms with Crippen LogP contribution >= 0.6 is 0 Å². The number of amides is 1. The van der Waals surface area contributed by atoms with Crippen LogP contribution in [0, 0.1) is 0 Å². The van der Waals surface area contributed by atoms with Crippen LogP contribution in [0.2, 0.25) is 0 Å². The van der Waals surface area contributed by atoms with Crippen molar-refractivity contribution in [2.45, 2.75) is 37.8 Å². The van der Waals surface area contributed by atoms with Gasteiger partial charge in [0.05, 0.1) is 4.90 Å². The average Bonchev–Trinajstić information content (AvgIpc) is 3.17. The summed E-state index contributed by atoms with van der Waals surface area (Å²) < 4.78 is 27.1. The molecule has 1 amide bonds. The Hall–Kier alpha value is -3.16. The molecule has 0 aromatic heterocycles. The number of nitrogens with zero attached hydrogens (tertiary/aromatic N) is 1. The summed E-state index contributed by atoms with van der Waals surface area (Å²) in [5.74, 6) is -0.278. The number of anilines is 2. The highest BCUT2D eigenvalue weighted by atomic mass is 32.2. The lowest BCUT2D eigenvalue weighted by molar-refractivity contribution is 0.102. The summed E-state index contributed by atoms with van der Waals surface area (Å²) in [4.78, 5) is 15.3. The van der Waals surface area contributed by atoms with E-state index in [-0.39, 0.29) is 16.8 Å². The van der Waals surface area contributed by atoms with Crippen LogP contribution in [0.3, 0.4) is 0 Å². The van der Waals surface area contributed by atoms with Crippen LogP contribution < -0.4 is 14.9 Å². The molecule has 0 spiro atoms. The zero-order valence-electron chi connectivity index (χ0n) is 18.2. The van der Waals surface area contributed by atoms with E-state index in [4.69, 9.17) is 0 Å². The largest absolute Gasteiger partial charge is 0.367 e. The number of rotatable bonds is 7. The van der Waals surface area contributed by atoms with Crippen molar-refractivity contribution in [3.63, 3.8) is 0 Å². The van der Waals surface area contributed by atoms with E-state index in [0.29, 0.717) is 12.1 Å². The van der Waals surface area contributed by atoms with E-state index in [2.05, 4.69) is 33.1 Å². The summed E-state index contributed by atoms with van der Waals surface area (Å²) in [7, 11) is -3.59. The van der Waals surface area contributed by atoms with Gasteiger partial charge in [-0.2, -0.15) is 0 Å². The van der Waals surface area contributed by atoms with Crippen molar-refractivity contribution >= 4 is 27.3 Å². The van der Waals surface area contributed by atoms with Crippen molar-refractivity contribution in [3.8, 4) is 0 Å². The number of hydrogen-bond donors (Lipinski definition) is 2. The average molecular weight is 450 g/mol. The first-order chi connectivity index (χ1) is 15.3. The van der Waals surface area contributed by atoms with Gasteiger partial charge in [-0.15, -0.1) is 0 Å². The van der Waals surface area contributed by atoms with Crippen molar-refractivity contribution in [2.75, 3.05) is 16.8 Å². The Balaban J connectivity index is 1.49. The Morgan fingerprint density at radius 2 is 1.66 bits per heavy atom. The highest BCUT2D eigenvalue weighted by Crippen LogP contribution is 2.30. The van der Waals surface area contributed by atoms with Crippen molar-refractivity contribution in [1.82, 2.24) is 4.72 Å². The third kappa shape index (κ3) is 4.84. The molecule has 0 unspecified atom stereocenters. The van der Waals surface area contributed by atoms with Crippen LogP contribution in [0.25, 0.3) is 0 Å². The predicted molar refractivity (Wildman–Crippen MR) is 127 cm³/mol. The molecular formula is C25H27N3O3S. The molecule has 0 radical (unpaired) electrons. The molecule has 4 rings (SSSR count). The molecule has 32 heavy (non-hydrogen) atoms. The van der Waals surface area contributed by atoms with E-state index in [1.54, 1.807) is 13.8 Å². The second kappa shape index (κ2) is 9.14. The highest BCUT2D eigenvalue weighted by Gasteiger charge is 2.20. The van der Waals surface area contributed by atoms with Gasteiger partial charge in [-0.25, -0.2) is 13.1 Å². The molecule has 166 valence electrons. The third-order valence-corrected chi connectivity index (χ3v) is 7.10. The Labute approximate surface area is 189 Å². The minimum Gasteiger partial charge on any atom is -0.367 e. The molecule has 0 fully saturated rings. The Kier molecular flexibility index (Phi) is 6.30. The maximum Gasteiger partial charge on any atom is 0.255 e. The van der Waals surface area contributed by atoms with Gasteiger partial charge in [0.2, 0.25) is 10.0 Å². The van der Waals surface area contributed by atoms with Gasteiger partial charge in [-0.1, -0.05) is 36.4 Å². The van der Waals surface area contributed by atoms with Gasteiger partial charge in [-0.05, 0) is 67.8 Å². The standard InChI is InChI=1S/C25H27N3O3S/c1-18(2)27-32(30,31)22-13-11-20(12-14-22)25(29)26-23-9-5-3-8-21(23)17-28-16-15-19-7-4-6-10-24(19)28/h3-14,18,27H,15-17H2,1-2H3,(H,26,29). The number of nitrogens with one attached hydrogen (secondary N) is 2. The number of fused-ring (bicyclic) bond motifs is 1. The molecular weight excluding hydrogens is 422 g/mol. The van der Waals surface area contributed by atoms with Gasteiger partial charge in [-0.3, -0.25) is 4.79 Å². The van der Waals surface area contributed by atoms with Gasteiger partial charge < -0.3 is 10.2 Å². The fourth-order valence-electron chi connectivity index (χ4n) is 3.91. The molecule has 1 aliphatic heterocycles. The Bertz CT molecular complexity index is 1220. The minimum atomic E-state index is -3.59. The van der Waals surface area contributed by atoms with Gasteiger partial charge in [0, 0.05) is 36.1 Å². The molecule has 6 nitrogen and oxygen atoms in total. The number of carbonyl (C=O) groups excluding carboxylic acids is 1. The topological polar surface area (TPSA) is 78.5 Å². The molecule has 1 heterocycles. The molecule has 0 atom stereocenters. The van der Waals surface area contributed by atoms with E-state index in [1.807, 2.05) is 30.3 Å². The molecule has 3 aromatic rings. The molecule has 1 aliphatic rings. The molecule has 0 bridgehead atoms. The third-order valence-electron chi connectivity index (χ3n) is 5.43. The summed E-state index contributed by atoms with van der Waals surface area (Å²) in [6.07, 6.45) is 1.02. The lowest BCUT2D eigenvalue weighted by atomic mass is 10.1. The van der Waals surface area contributed by atoms with Crippen LogP contribution in [0.1, 0.15) is 35.3 Å². The van der Waals surface area contributed by atoms with Gasteiger partial charge in [0.25, 0.3) is 5.91 Å². The Morgan fingerprint density at radius 1 is 0.969 bits per heavy atom. The van der Waals surface area contributed by atoms with Crippen molar-refractivity contribution in [1.29, 1.82) is 0 Å². The van der Waals surface area contributed by atoms with Crippen LogP contribution in [0.15, 0.2) is 77.7 Å². The van der Waals surface area contributed by atoms with E-state index < -0.39 is 10.0 Å². The van der Waals surface area contributed by atoms with Crippen molar-refractivity contribution < 1.29 is 13.2 Å². The normalized spacial score (nSPS) is 13.3. The predicted octanol–water partition coefficient (Wildman–Crippen LogP) is 4.19. The second-order valence-electron chi connectivity index (χ2n) is 8.21. The summed E-state index contributed by atoms with van der Waals surface area (Å²) in [5, 5.41) is 2.98. The summed E-state index contributed by atoms with van der Waals surface area (Å²) >= 11 is 0. The number of sulfonamides is 1. The quantitative estimate of drug-likeness (QED) is 0.567. The van der Waals surface area contributed by atoms with Crippen LogP contribution in [0.5, 0.6) is 0 Å². The van der Waals surface area contributed by atoms with Gasteiger partial charge >= 0.3 is 0 Å². The molecule has 3 aromatic carbocycles. The maximum atomic E-state index is 12.9. The molecule has 0 saturated heterocycles. The Morgan fingerprint density at radius 3 is 2.41 bits per heavy atom. The molecule has 7 heteroatoms. The van der Waals surface area contributed by atoms with Crippen LogP contribution in [0.4, 0.5) is 11.4 Å². The summed E-state index contributed by atoms with van der Waals surface area (Å²) in [6, 6.07) is 21.9. The van der Waals surface area contributed by atoms with Crippen molar-refractivity contribution in [2.24, 2.45) is 0 Å². The molecule has 2 N–H and O–H groups in total. The molecule has 0 aliphatic carbocycles. The second-order valence-corrected chi connectivity index (χ2v) is 9.93. The SMILES string of the molecule is CC(C)NS(=O)(=O)c1ccc(C(=O)Nc2ccccc2CN2CCc3ccccc32)cc1. The number of hydrogen-bond acceptors (Lipinski definition) is 4. The van der Waals surface area contributed by atoms with Crippen LogP contribution in [-0.4, -0.2) is 26.9 Å². The first-order valence-electron chi connectivity index (χ1n) is 10.7. The van der Waals surface area contributed by atoms with E-state index in [1.165, 1.54) is 35.5 Å². The lowest BCUT2D eigenvalue weighted by Gasteiger charge is -2.21. The maximum absolute atomic E-state index is 12.9. The first-order valence-corrected chi connectivity index (χ1v) is 12.2. The zero-order valence-corrected chi connectivity index (χ0v) is 19.0. The first kappa shape index (κ1) is 22.0. The van der Waals surface area contributed by atoms with E-state index in [0.717, 1.165) is 24.2 Å². The molecule has 0 saturated carbocycles. The number of benzene rings is 3. The highest BCUT2D eigenvalue weighted by molar-refractivity contribution is 7.89.